The Labute approximate surface area is 110 Å². The zero-order valence-corrected chi connectivity index (χ0v) is 12.3. The van der Waals surface area contributed by atoms with Crippen molar-refractivity contribution in [1.82, 2.24) is 19.7 Å². The summed E-state index contributed by atoms with van der Waals surface area (Å²) in [5.74, 6) is 0.977. The van der Waals surface area contributed by atoms with Crippen LogP contribution in [0.1, 0.15) is 40.4 Å². The number of hydrogen-bond donors (Lipinski definition) is 1. The molecule has 0 aliphatic rings. The average Bonchev–Trinajstić information content (AvgIpc) is 2.77. The zero-order chi connectivity index (χ0) is 13.8. The third-order valence-electron chi connectivity index (χ3n) is 3.88. The van der Waals surface area contributed by atoms with Crippen LogP contribution in [0, 0.1) is 0 Å². The maximum atomic E-state index is 6.40. The fourth-order valence-electron chi connectivity index (χ4n) is 2.43. The molecule has 0 spiro atoms. The summed E-state index contributed by atoms with van der Waals surface area (Å²) in [5, 5.41) is 4.19. The number of aryl methyl sites for hydroxylation is 1. The molecular weight excluding hydrogens is 226 g/mol. The molecule has 0 amide bonds. The lowest BCUT2D eigenvalue weighted by Gasteiger charge is -2.41. The fourth-order valence-corrected chi connectivity index (χ4v) is 2.43. The Balaban J connectivity index is 2.78. The minimum Gasteiger partial charge on any atom is -0.326 e. The van der Waals surface area contributed by atoms with Crippen LogP contribution in [0.4, 0.5) is 0 Å². The van der Waals surface area contributed by atoms with E-state index in [0.717, 1.165) is 31.9 Å². The molecule has 2 N–H and O–H groups in total. The van der Waals surface area contributed by atoms with Crippen LogP contribution in [0.5, 0.6) is 0 Å². The van der Waals surface area contributed by atoms with Crippen molar-refractivity contribution in [3.05, 3.63) is 12.2 Å². The molecule has 1 unspecified atom stereocenters. The Kier molecular flexibility index (Phi) is 5.28. The topological polar surface area (TPSA) is 60.0 Å². The predicted molar refractivity (Wildman–Crippen MR) is 74.4 cm³/mol. The first kappa shape index (κ1) is 15.1. The summed E-state index contributed by atoms with van der Waals surface area (Å²) in [6, 6.07) is 0.0481. The fraction of sp³-hybridized carbons (Fsp3) is 0.846. The SMILES string of the molecule is CCN(CC)C(C)(C)C(N)Cc1ncnn1CC. The Bertz CT molecular complexity index is 354. The van der Waals surface area contributed by atoms with Gasteiger partial charge in [0.15, 0.2) is 0 Å². The van der Waals surface area contributed by atoms with Crippen molar-refractivity contribution in [1.29, 1.82) is 0 Å². The van der Waals surface area contributed by atoms with E-state index in [2.05, 4.69) is 49.6 Å². The summed E-state index contributed by atoms with van der Waals surface area (Å²) in [6.07, 6.45) is 2.37. The first-order valence-electron chi connectivity index (χ1n) is 6.84. The van der Waals surface area contributed by atoms with Gasteiger partial charge >= 0.3 is 0 Å². The van der Waals surface area contributed by atoms with Crippen molar-refractivity contribution in [3.8, 4) is 0 Å². The van der Waals surface area contributed by atoms with Gasteiger partial charge in [-0.25, -0.2) is 4.98 Å². The van der Waals surface area contributed by atoms with Crippen LogP contribution < -0.4 is 5.73 Å². The van der Waals surface area contributed by atoms with Gasteiger partial charge in [0.1, 0.15) is 12.2 Å². The highest BCUT2D eigenvalue weighted by atomic mass is 15.3. The molecule has 0 radical (unpaired) electrons. The van der Waals surface area contributed by atoms with E-state index >= 15 is 0 Å². The summed E-state index contributed by atoms with van der Waals surface area (Å²) in [4.78, 5) is 6.70. The van der Waals surface area contributed by atoms with Gasteiger partial charge in [0.05, 0.1) is 0 Å². The molecular formula is C13H27N5. The van der Waals surface area contributed by atoms with Crippen molar-refractivity contribution < 1.29 is 0 Å². The molecule has 0 saturated carbocycles. The molecule has 5 heteroatoms. The molecule has 0 aliphatic carbocycles. The van der Waals surface area contributed by atoms with Gasteiger partial charge in [-0.3, -0.25) is 9.58 Å². The van der Waals surface area contributed by atoms with Crippen molar-refractivity contribution >= 4 is 0 Å². The van der Waals surface area contributed by atoms with Gasteiger partial charge in [-0.1, -0.05) is 13.8 Å². The summed E-state index contributed by atoms with van der Waals surface area (Å²) in [7, 11) is 0. The van der Waals surface area contributed by atoms with Gasteiger partial charge in [-0.15, -0.1) is 0 Å². The molecule has 0 bridgehead atoms. The maximum absolute atomic E-state index is 6.40. The molecule has 1 rings (SSSR count). The summed E-state index contributed by atoms with van der Waals surface area (Å²) in [5.41, 5.74) is 6.36. The number of aromatic nitrogens is 3. The standard InChI is InChI=1S/C13H27N5/c1-6-17(7-2)13(4,5)11(14)9-12-15-10-16-18(12)8-3/h10-11H,6-9,14H2,1-5H3. The Morgan fingerprint density at radius 1 is 1.33 bits per heavy atom. The van der Waals surface area contributed by atoms with Crippen molar-refractivity contribution in [2.45, 2.75) is 59.2 Å². The Morgan fingerprint density at radius 3 is 2.44 bits per heavy atom. The normalized spacial score (nSPS) is 14.2. The number of hydrogen-bond acceptors (Lipinski definition) is 4. The summed E-state index contributed by atoms with van der Waals surface area (Å²) >= 11 is 0. The molecule has 1 aromatic heterocycles. The van der Waals surface area contributed by atoms with Crippen molar-refractivity contribution in [2.24, 2.45) is 5.73 Å². The molecule has 0 saturated heterocycles. The largest absolute Gasteiger partial charge is 0.326 e. The van der Waals surface area contributed by atoms with Gasteiger partial charge in [-0.2, -0.15) is 5.10 Å². The molecule has 0 aliphatic heterocycles. The van der Waals surface area contributed by atoms with Gasteiger partial charge in [0.2, 0.25) is 0 Å². The quantitative estimate of drug-likeness (QED) is 0.795. The van der Waals surface area contributed by atoms with Gasteiger partial charge in [-0.05, 0) is 33.9 Å². The second-order valence-electron chi connectivity index (χ2n) is 5.13. The van der Waals surface area contributed by atoms with E-state index < -0.39 is 0 Å². The lowest BCUT2D eigenvalue weighted by molar-refractivity contribution is 0.105. The first-order valence-corrected chi connectivity index (χ1v) is 6.84. The van der Waals surface area contributed by atoms with Crippen LogP contribution in [-0.4, -0.2) is 44.3 Å². The van der Waals surface area contributed by atoms with E-state index in [9.17, 15) is 0 Å². The highest BCUT2D eigenvalue weighted by molar-refractivity contribution is 4.98. The monoisotopic (exact) mass is 253 g/mol. The predicted octanol–water partition coefficient (Wildman–Crippen LogP) is 1.29. The molecule has 0 fully saturated rings. The van der Waals surface area contributed by atoms with Crippen LogP contribution in [0.25, 0.3) is 0 Å². The molecule has 0 aromatic carbocycles. The molecule has 1 atom stereocenters. The highest BCUT2D eigenvalue weighted by Gasteiger charge is 2.32. The second kappa shape index (κ2) is 6.29. The summed E-state index contributed by atoms with van der Waals surface area (Å²) in [6.45, 7) is 13.7. The van der Waals surface area contributed by atoms with Gasteiger partial charge < -0.3 is 5.73 Å². The average molecular weight is 253 g/mol. The summed E-state index contributed by atoms with van der Waals surface area (Å²) < 4.78 is 1.91. The van der Waals surface area contributed by atoms with E-state index in [0.29, 0.717) is 0 Å². The minimum absolute atomic E-state index is 0.0337. The van der Waals surface area contributed by atoms with Gasteiger partial charge in [0.25, 0.3) is 0 Å². The number of nitrogens with zero attached hydrogens (tertiary/aromatic N) is 4. The van der Waals surface area contributed by atoms with E-state index in [-0.39, 0.29) is 11.6 Å². The van der Waals surface area contributed by atoms with Crippen LogP contribution in [-0.2, 0) is 13.0 Å². The Morgan fingerprint density at radius 2 is 1.94 bits per heavy atom. The molecule has 1 heterocycles. The first-order chi connectivity index (χ1) is 8.47. The maximum Gasteiger partial charge on any atom is 0.138 e. The van der Waals surface area contributed by atoms with Gasteiger partial charge in [0, 0.05) is 24.5 Å². The van der Waals surface area contributed by atoms with Crippen molar-refractivity contribution in [3.63, 3.8) is 0 Å². The number of nitrogens with two attached hydrogens (primary N) is 1. The third-order valence-corrected chi connectivity index (χ3v) is 3.88. The molecule has 18 heavy (non-hydrogen) atoms. The van der Waals surface area contributed by atoms with Crippen molar-refractivity contribution in [2.75, 3.05) is 13.1 Å². The molecule has 1 aromatic rings. The van der Waals surface area contributed by atoms with Crippen LogP contribution in [0.2, 0.25) is 0 Å². The van der Waals surface area contributed by atoms with Crippen LogP contribution in [0.15, 0.2) is 6.33 Å². The van der Waals surface area contributed by atoms with E-state index in [1.807, 2.05) is 4.68 Å². The number of likely N-dealkylation sites (N-methyl/N-ethyl adjacent to an activating group) is 1. The van der Waals surface area contributed by atoms with Crippen LogP contribution >= 0.6 is 0 Å². The lowest BCUT2D eigenvalue weighted by atomic mass is 9.90. The highest BCUT2D eigenvalue weighted by Crippen LogP contribution is 2.19. The van der Waals surface area contributed by atoms with E-state index in [1.54, 1.807) is 6.33 Å². The van der Waals surface area contributed by atoms with E-state index in [4.69, 9.17) is 5.73 Å². The zero-order valence-electron chi connectivity index (χ0n) is 12.3. The van der Waals surface area contributed by atoms with Crippen LogP contribution in [0.3, 0.4) is 0 Å². The minimum atomic E-state index is -0.0337. The van der Waals surface area contributed by atoms with E-state index in [1.165, 1.54) is 0 Å². The second-order valence-corrected chi connectivity index (χ2v) is 5.13. The molecule has 5 nitrogen and oxygen atoms in total. The smallest absolute Gasteiger partial charge is 0.138 e. The lowest BCUT2D eigenvalue weighted by Crippen LogP contribution is -2.57. The Hall–Kier alpha value is -0.940. The number of rotatable bonds is 7. The molecule has 104 valence electrons. The third kappa shape index (κ3) is 3.09.